The number of nitrogens with zero attached hydrogens (tertiary/aromatic N) is 2. The van der Waals surface area contributed by atoms with E-state index in [1.807, 2.05) is 24.3 Å². The average molecular weight is 252 g/mol. The maximum atomic E-state index is 12.1. The normalized spacial score (nSPS) is 16.5. The Bertz CT molecular complexity index is 845. The third kappa shape index (κ3) is 1.32. The second-order valence-corrected chi connectivity index (χ2v) is 4.45. The molecule has 2 aromatic rings. The van der Waals surface area contributed by atoms with Gasteiger partial charge in [0, 0.05) is 17.1 Å². The van der Waals surface area contributed by atoms with Gasteiger partial charge in [0.15, 0.2) is 5.84 Å². The molecule has 3 heterocycles. The molecule has 5 heteroatoms. The number of fused-ring (bicyclic) bond motifs is 5. The highest BCUT2D eigenvalue weighted by Crippen LogP contribution is 2.27. The van der Waals surface area contributed by atoms with Gasteiger partial charge in [-0.2, -0.15) is 4.99 Å². The molecule has 0 spiro atoms. The zero-order valence-electron chi connectivity index (χ0n) is 9.79. The molecule has 2 aliphatic heterocycles. The van der Waals surface area contributed by atoms with Gasteiger partial charge in [0.2, 0.25) is 0 Å². The van der Waals surface area contributed by atoms with Gasteiger partial charge in [-0.15, -0.1) is 0 Å². The Kier molecular flexibility index (Phi) is 1.84. The van der Waals surface area contributed by atoms with Gasteiger partial charge < -0.3 is 9.32 Å². The lowest BCUT2D eigenvalue weighted by atomic mass is 10.0. The first-order valence-corrected chi connectivity index (χ1v) is 5.86. The molecule has 4 rings (SSSR count). The van der Waals surface area contributed by atoms with Crippen LogP contribution >= 0.6 is 0 Å². The van der Waals surface area contributed by atoms with Crippen molar-refractivity contribution in [2.45, 2.75) is 0 Å². The molecular formula is C14H8N2O3. The van der Waals surface area contributed by atoms with Gasteiger partial charge in [-0.25, -0.2) is 4.79 Å². The topological polar surface area (TPSA) is 62.9 Å². The predicted octanol–water partition coefficient (Wildman–Crippen LogP) is 1.37. The first-order chi connectivity index (χ1) is 9.24. The van der Waals surface area contributed by atoms with E-state index >= 15 is 0 Å². The smallest absolute Gasteiger partial charge is 0.347 e. The van der Waals surface area contributed by atoms with Crippen molar-refractivity contribution in [1.82, 2.24) is 4.90 Å². The van der Waals surface area contributed by atoms with Crippen molar-refractivity contribution in [1.29, 1.82) is 0 Å². The van der Waals surface area contributed by atoms with Crippen LogP contribution in [0.15, 0.2) is 44.7 Å². The van der Waals surface area contributed by atoms with Crippen LogP contribution in [0, 0.1) is 0 Å². The number of carbonyl (C=O) groups is 1. The van der Waals surface area contributed by atoms with E-state index in [4.69, 9.17) is 4.42 Å². The Morgan fingerprint density at radius 1 is 1.21 bits per heavy atom. The number of aliphatic imine (C=N–C) groups is 1. The summed E-state index contributed by atoms with van der Waals surface area (Å²) in [6, 6.07) is 7.32. The summed E-state index contributed by atoms with van der Waals surface area (Å²) >= 11 is 0. The van der Waals surface area contributed by atoms with E-state index in [0.29, 0.717) is 17.0 Å². The molecule has 0 atom stereocenters. The number of benzene rings is 1. The number of para-hydroxylation sites is 1. The maximum absolute atomic E-state index is 12.1. The number of hydrogen-bond acceptors (Lipinski definition) is 4. The maximum Gasteiger partial charge on any atom is 0.347 e. The van der Waals surface area contributed by atoms with E-state index in [-0.39, 0.29) is 12.5 Å². The van der Waals surface area contributed by atoms with Crippen LogP contribution in [0.25, 0.3) is 17.0 Å². The highest BCUT2D eigenvalue weighted by molar-refractivity contribution is 6.15. The summed E-state index contributed by atoms with van der Waals surface area (Å²) in [4.78, 5) is 29.1. The van der Waals surface area contributed by atoms with Crippen molar-refractivity contribution in [3.63, 3.8) is 0 Å². The van der Waals surface area contributed by atoms with Crippen LogP contribution in [0.2, 0.25) is 0 Å². The molecule has 1 aromatic heterocycles. The SMILES string of the molecule is O=C1CN2C=Cc3c(c(=O)oc4ccccc34)C2=N1. The second kappa shape index (κ2) is 3.41. The van der Waals surface area contributed by atoms with Crippen molar-refractivity contribution < 1.29 is 9.21 Å². The number of hydrogen-bond donors (Lipinski definition) is 0. The summed E-state index contributed by atoms with van der Waals surface area (Å²) < 4.78 is 5.30. The van der Waals surface area contributed by atoms with Crippen LogP contribution in [-0.4, -0.2) is 23.2 Å². The van der Waals surface area contributed by atoms with Crippen molar-refractivity contribution >= 4 is 28.8 Å². The van der Waals surface area contributed by atoms with Crippen LogP contribution in [-0.2, 0) is 4.79 Å². The van der Waals surface area contributed by atoms with Gasteiger partial charge in [0.1, 0.15) is 17.7 Å². The van der Waals surface area contributed by atoms with Crippen LogP contribution in [0.4, 0.5) is 0 Å². The van der Waals surface area contributed by atoms with E-state index in [1.54, 1.807) is 17.2 Å². The fourth-order valence-electron chi connectivity index (χ4n) is 2.48. The average Bonchev–Trinajstić information content (AvgIpc) is 2.78. The van der Waals surface area contributed by atoms with E-state index in [1.165, 1.54) is 0 Å². The highest BCUT2D eigenvalue weighted by atomic mass is 16.4. The Morgan fingerprint density at radius 3 is 2.95 bits per heavy atom. The van der Waals surface area contributed by atoms with Crippen LogP contribution < -0.4 is 5.63 Å². The van der Waals surface area contributed by atoms with Gasteiger partial charge in [0.25, 0.3) is 5.91 Å². The van der Waals surface area contributed by atoms with Crippen LogP contribution in [0.3, 0.4) is 0 Å². The van der Waals surface area contributed by atoms with E-state index in [9.17, 15) is 9.59 Å². The van der Waals surface area contributed by atoms with Gasteiger partial charge in [-0.1, -0.05) is 18.2 Å². The molecule has 5 nitrogen and oxygen atoms in total. The molecule has 0 fully saturated rings. The summed E-state index contributed by atoms with van der Waals surface area (Å²) in [5, 5.41) is 0.843. The second-order valence-electron chi connectivity index (χ2n) is 4.45. The Labute approximate surface area is 107 Å². The van der Waals surface area contributed by atoms with Crippen molar-refractivity contribution in [3.8, 4) is 0 Å². The predicted molar refractivity (Wildman–Crippen MR) is 69.8 cm³/mol. The van der Waals surface area contributed by atoms with E-state index in [2.05, 4.69) is 4.99 Å². The fourth-order valence-corrected chi connectivity index (χ4v) is 2.48. The fraction of sp³-hybridized carbons (Fsp3) is 0.0714. The summed E-state index contributed by atoms with van der Waals surface area (Å²) in [6.45, 7) is 0.178. The minimum Gasteiger partial charge on any atom is -0.422 e. The summed E-state index contributed by atoms with van der Waals surface area (Å²) in [5.41, 5.74) is 1.20. The van der Waals surface area contributed by atoms with E-state index in [0.717, 1.165) is 10.9 Å². The van der Waals surface area contributed by atoms with Gasteiger partial charge in [-0.3, -0.25) is 4.79 Å². The van der Waals surface area contributed by atoms with Crippen molar-refractivity contribution in [2.75, 3.05) is 6.54 Å². The quantitative estimate of drug-likeness (QED) is 0.664. The zero-order chi connectivity index (χ0) is 13.0. The first kappa shape index (κ1) is 10.3. The Morgan fingerprint density at radius 2 is 2.05 bits per heavy atom. The number of amides is 1. The summed E-state index contributed by atoms with van der Waals surface area (Å²) in [7, 11) is 0. The molecular weight excluding hydrogens is 244 g/mol. The summed E-state index contributed by atoms with van der Waals surface area (Å²) in [6.07, 6.45) is 3.60. The van der Waals surface area contributed by atoms with Crippen LogP contribution in [0.5, 0.6) is 0 Å². The first-order valence-electron chi connectivity index (χ1n) is 5.86. The number of carbonyl (C=O) groups excluding carboxylic acids is 1. The number of rotatable bonds is 0. The van der Waals surface area contributed by atoms with Gasteiger partial charge >= 0.3 is 5.63 Å². The van der Waals surface area contributed by atoms with E-state index < -0.39 is 5.63 Å². The molecule has 0 bridgehead atoms. The zero-order valence-corrected chi connectivity index (χ0v) is 9.79. The number of amidine groups is 1. The monoisotopic (exact) mass is 252 g/mol. The molecule has 0 unspecified atom stereocenters. The molecule has 92 valence electrons. The lowest BCUT2D eigenvalue weighted by Gasteiger charge is -2.20. The molecule has 1 amide bonds. The molecule has 0 aliphatic carbocycles. The molecule has 2 aliphatic rings. The minimum absolute atomic E-state index is 0.178. The molecule has 0 saturated carbocycles. The minimum atomic E-state index is -0.462. The Balaban J connectivity index is 2.15. The highest BCUT2D eigenvalue weighted by Gasteiger charge is 2.30. The standard InChI is InChI=1S/C14H8N2O3/c17-11-7-16-6-5-9-8-3-1-2-4-10(8)19-14(18)12(9)13(16)15-11/h1-6H,7H2. The molecule has 0 saturated heterocycles. The summed E-state index contributed by atoms with van der Waals surface area (Å²) in [5.74, 6) is 0.141. The van der Waals surface area contributed by atoms with Gasteiger partial charge in [0.05, 0.1) is 0 Å². The van der Waals surface area contributed by atoms with Crippen molar-refractivity contribution in [3.05, 3.63) is 52.0 Å². The van der Waals surface area contributed by atoms with Crippen LogP contribution in [0.1, 0.15) is 11.1 Å². The van der Waals surface area contributed by atoms with Crippen molar-refractivity contribution in [2.24, 2.45) is 4.99 Å². The third-order valence-corrected chi connectivity index (χ3v) is 3.31. The van der Waals surface area contributed by atoms with Gasteiger partial charge in [-0.05, 0) is 12.1 Å². The Hall–Kier alpha value is -2.69. The largest absolute Gasteiger partial charge is 0.422 e. The third-order valence-electron chi connectivity index (χ3n) is 3.31. The lowest BCUT2D eigenvalue weighted by Crippen LogP contribution is -2.31. The lowest BCUT2D eigenvalue weighted by molar-refractivity contribution is -0.116. The molecule has 0 radical (unpaired) electrons. The molecule has 0 N–H and O–H groups in total. The molecule has 1 aromatic carbocycles. The molecule has 19 heavy (non-hydrogen) atoms.